The lowest BCUT2D eigenvalue weighted by molar-refractivity contribution is -0.122. The number of ether oxygens (including phenoxy) is 1. The van der Waals surface area contributed by atoms with Gasteiger partial charge in [0.25, 0.3) is 0 Å². The first-order chi connectivity index (χ1) is 7.06. The molecule has 1 aromatic rings. The molecule has 1 heterocycles. The van der Waals surface area contributed by atoms with E-state index in [1.165, 1.54) is 0 Å². The molecule has 4 nitrogen and oxygen atoms in total. The second-order valence-electron chi connectivity index (χ2n) is 3.63. The van der Waals surface area contributed by atoms with Gasteiger partial charge in [0.05, 0.1) is 5.69 Å². The summed E-state index contributed by atoms with van der Waals surface area (Å²) >= 11 is 0. The highest BCUT2D eigenvalue weighted by Crippen LogP contribution is 2.12. The zero-order valence-electron chi connectivity index (χ0n) is 9.83. The van der Waals surface area contributed by atoms with Crippen LogP contribution in [0.3, 0.4) is 0 Å². The smallest absolute Gasteiger partial charge is 0.162 e. The molecule has 0 radical (unpaired) electrons. The predicted octanol–water partition coefficient (Wildman–Crippen LogP) is 1.19. The molecular formula is C11H18N2O2. The number of Topliss-reactive ketones (excluding diaryl/α,β-unsaturated/α-hetero) is 1. The fraction of sp³-hybridized carbons (Fsp3) is 0.636. The van der Waals surface area contributed by atoms with Gasteiger partial charge < -0.3 is 4.74 Å². The molecule has 0 bridgehead atoms. The van der Waals surface area contributed by atoms with Gasteiger partial charge in [0, 0.05) is 31.3 Å². The Balaban J connectivity index is 2.68. The van der Waals surface area contributed by atoms with Gasteiger partial charge in [-0.15, -0.1) is 0 Å². The fourth-order valence-electron chi connectivity index (χ4n) is 1.54. The van der Waals surface area contributed by atoms with Crippen molar-refractivity contribution in [3.8, 4) is 0 Å². The monoisotopic (exact) mass is 210 g/mol. The lowest BCUT2D eigenvalue weighted by atomic mass is 10.1. The molecule has 0 unspecified atom stereocenters. The van der Waals surface area contributed by atoms with Gasteiger partial charge in [0.15, 0.2) is 5.78 Å². The molecule has 0 atom stereocenters. The van der Waals surface area contributed by atoms with Gasteiger partial charge >= 0.3 is 0 Å². The van der Waals surface area contributed by atoms with Crippen LogP contribution < -0.4 is 0 Å². The number of carbonyl (C=O) groups excluding carboxylic acids is 1. The van der Waals surface area contributed by atoms with Crippen LogP contribution in [0.15, 0.2) is 0 Å². The van der Waals surface area contributed by atoms with Crippen molar-refractivity contribution >= 4 is 5.78 Å². The molecular weight excluding hydrogens is 192 g/mol. The van der Waals surface area contributed by atoms with Crippen molar-refractivity contribution in [2.24, 2.45) is 7.05 Å². The van der Waals surface area contributed by atoms with Crippen LogP contribution in [0.5, 0.6) is 0 Å². The molecule has 1 rings (SSSR count). The Morgan fingerprint density at radius 3 is 2.60 bits per heavy atom. The van der Waals surface area contributed by atoms with Crippen LogP contribution in [0.2, 0.25) is 0 Å². The van der Waals surface area contributed by atoms with Gasteiger partial charge in [-0.2, -0.15) is 5.10 Å². The molecule has 0 aliphatic rings. The number of rotatable bonds is 5. The van der Waals surface area contributed by atoms with E-state index in [4.69, 9.17) is 4.74 Å². The van der Waals surface area contributed by atoms with Crippen molar-refractivity contribution in [2.45, 2.75) is 27.2 Å². The molecule has 1 aromatic heterocycles. The van der Waals surface area contributed by atoms with Crippen molar-refractivity contribution in [3.05, 3.63) is 17.0 Å². The fourth-order valence-corrected chi connectivity index (χ4v) is 1.54. The van der Waals surface area contributed by atoms with Gasteiger partial charge in [-0.05, 0) is 20.8 Å². The molecule has 0 fully saturated rings. The van der Waals surface area contributed by atoms with Crippen LogP contribution in [0, 0.1) is 13.8 Å². The maximum Gasteiger partial charge on any atom is 0.162 e. The summed E-state index contributed by atoms with van der Waals surface area (Å²) in [5, 5.41) is 4.27. The van der Waals surface area contributed by atoms with Gasteiger partial charge in [0.1, 0.15) is 6.61 Å². The Kier molecular flexibility index (Phi) is 4.03. The summed E-state index contributed by atoms with van der Waals surface area (Å²) in [7, 11) is 1.89. The Bertz CT molecular complexity index is 356. The van der Waals surface area contributed by atoms with E-state index < -0.39 is 0 Å². The summed E-state index contributed by atoms with van der Waals surface area (Å²) in [6.07, 6.45) is 0.422. The topological polar surface area (TPSA) is 44.1 Å². The molecule has 15 heavy (non-hydrogen) atoms. The van der Waals surface area contributed by atoms with Crippen LogP contribution in [0.25, 0.3) is 0 Å². The quantitative estimate of drug-likeness (QED) is 0.733. The predicted molar refractivity (Wildman–Crippen MR) is 57.9 cm³/mol. The van der Waals surface area contributed by atoms with Crippen molar-refractivity contribution in [3.63, 3.8) is 0 Å². The summed E-state index contributed by atoms with van der Waals surface area (Å²) in [6.45, 7) is 6.56. The summed E-state index contributed by atoms with van der Waals surface area (Å²) in [6, 6.07) is 0. The molecule has 0 spiro atoms. The standard InChI is InChI=1S/C11H18N2O2/c1-5-15-7-10(14)6-11-8(2)12-13(4)9(11)3/h5-7H2,1-4H3. The zero-order chi connectivity index (χ0) is 11.4. The first kappa shape index (κ1) is 11.9. The molecule has 0 N–H and O–H groups in total. The third-order valence-corrected chi connectivity index (χ3v) is 2.50. The number of hydrogen-bond acceptors (Lipinski definition) is 3. The first-order valence-corrected chi connectivity index (χ1v) is 5.14. The largest absolute Gasteiger partial charge is 0.374 e. The Labute approximate surface area is 90.2 Å². The van der Waals surface area contributed by atoms with E-state index in [-0.39, 0.29) is 12.4 Å². The summed E-state index contributed by atoms with van der Waals surface area (Å²) < 4.78 is 6.88. The summed E-state index contributed by atoms with van der Waals surface area (Å²) in [4.78, 5) is 11.5. The highest BCUT2D eigenvalue weighted by molar-refractivity contribution is 5.82. The summed E-state index contributed by atoms with van der Waals surface area (Å²) in [5.41, 5.74) is 3.01. The lowest BCUT2D eigenvalue weighted by Gasteiger charge is -2.02. The van der Waals surface area contributed by atoms with Crippen LogP contribution in [0.4, 0.5) is 0 Å². The van der Waals surface area contributed by atoms with Crippen LogP contribution in [-0.2, 0) is 23.0 Å². The van der Waals surface area contributed by atoms with E-state index in [2.05, 4.69) is 5.10 Å². The van der Waals surface area contributed by atoms with Crippen molar-refractivity contribution in [2.75, 3.05) is 13.2 Å². The number of aromatic nitrogens is 2. The third kappa shape index (κ3) is 2.89. The first-order valence-electron chi connectivity index (χ1n) is 5.14. The summed E-state index contributed by atoms with van der Waals surface area (Å²) in [5.74, 6) is 0.107. The molecule has 0 saturated carbocycles. The SMILES string of the molecule is CCOCC(=O)Cc1c(C)nn(C)c1C. The number of nitrogens with zero attached hydrogens (tertiary/aromatic N) is 2. The highest BCUT2D eigenvalue weighted by Gasteiger charge is 2.13. The minimum Gasteiger partial charge on any atom is -0.374 e. The van der Waals surface area contributed by atoms with Gasteiger partial charge in [-0.3, -0.25) is 9.48 Å². The minimum atomic E-state index is 0.107. The molecule has 0 amide bonds. The van der Waals surface area contributed by atoms with E-state index in [1.54, 1.807) is 4.68 Å². The maximum atomic E-state index is 11.5. The number of ketones is 1. The molecule has 0 saturated heterocycles. The third-order valence-electron chi connectivity index (χ3n) is 2.50. The molecule has 0 aliphatic heterocycles. The molecule has 0 aromatic carbocycles. The minimum absolute atomic E-state index is 0.107. The zero-order valence-corrected chi connectivity index (χ0v) is 9.83. The average Bonchev–Trinajstić information content (AvgIpc) is 2.42. The number of carbonyl (C=O) groups is 1. The maximum absolute atomic E-state index is 11.5. The van der Waals surface area contributed by atoms with Crippen molar-refractivity contribution in [1.82, 2.24) is 9.78 Å². The van der Waals surface area contributed by atoms with Gasteiger partial charge in [-0.1, -0.05) is 0 Å². The van der Waals surface area contributed by atoms with E-state index in [0.29, 0.717) is 13.0 Å². The Morgan fingerprint density at radius 1 is 1.47 bits per heavy atom. The van der Waals surface area contributed by atoms with Crippen LogP contribution in [0.1, 0.15) is 23.9 Å². The molecule has 4 heteroatoms. The number of aryl methyl sites for hydroxylation is 2. The number of hydrogen-bond donors (Lipinski definition) is 0. The Morgan fingerprint density at radius 2 is 2.13 bits per heavy atom. The van der Waals surface area contributed by atoms with E-state index in [0.717, 1.165) is 17.0 Å². The van der Waals surface area contributed by atoms with Gasteiger partial charge in [-0.25, -0.2) is 0 Å². The Hall–Kier alpha value is -1.16. The van der Waals surface area contributed by atoms with Crippen molar-refractivity contribution < 1.29 is 9.53 Å². The molecule has 84 valence electrons. The lowest BCUT2D eigenvalue weighted by Crippen LogP contribution is -2.12. The normalized spacial score (nSPS) is 10.7. The second kappa shape index (κ2) is 5.07. The molecule has 0 aliphatic carbocycles. The highest BCUT2D eigenvalue weighted by atomic mass is 16.5. The van der Waals surface area contributed by atoms with E-state index in [9.17, 15) is 4.79 Å². The van der Waals surface area contributed by atoms with E-state index in [1.807, 2.05) is 27.8 Å². The van der Waals surface area contributed by atoms with Gasteiger partial charge in [0.2, 0.25) is 0 Å². The van der Waals surface area contributed by atoms with Crippen LogP contribution >= 0.6 is 0 Å². The van der Waals surface area contributed by atoms with E-state index >= 15 is 0 Å². The van der Waals surface area contributed by atoms with Crippen molar-refractivity contribution in [1.29, 1.82) is 0 Å². The second-order valence-corrected chi connectivity index (χ2v) is 3.63. The van der Waals surface area contributed by atoms with Crippen LogP contribution in [-0.4, -0.2) is 28.8 Å². The average molecular weight is 210 g/mol.